The van der Waals surface area contributed by atoms with Crippen LogP contribution in [0.3, 0.4) is 0 Å². The highest BCUT2D eigenvalue weighted by Crippen LogP contribution is 2.43. The number of carbonyl (C=O) groups excluding carboxylic acids is 2. The number of Topliss-reactive ketones (excluding diaryl/α,β-unsaturated/α-hetero) is 1. The number of carbonyl (C=O) groups is 2. The van der Waals surface area contributed by atoms with E-state index in [-0.39, 0.29) is 18.2 Å². The number of ketones is 1. The summed E-state index contributed by atoms with van der Waals surface area (Å²) >= 11 is 0. The molecule has 3 rings (SSSR count). The van der Waals surface area contributed by atoms with Gasteiger partial charge in [0.05, 0.1) is 0 Å². The Bertz CT molecular complexity index is 709. The van der Waals surface area contributed by atoms with Crippen LogP contribution in [0.2, 0.25) is 0 Å². The Labute approximate surface area is 155 Å². The van der Waals surface area contributed by atoms with E-state index in [0.717, 1.165) is 44.1 Å². The number of ether oxygens (including phenoxy) is 1. The summed E-state index contributed by atoms with van der Waals surface area (Å²) < 4.78 is 5.87. The second-order valence-corrected chi connectivity index (χ2v) is 7.69. The van der Waals surface area contributed by atoms with Gasteiger partial charge < -0.3 is 9.58 Å². The average Bonchev–Trinajstić information content (AvgIpc) is 3.15. The highest BCUT2D eigenvalue weighted by molar-refractivity contribution is 5.98. The fourth-order valence-electron chi connectivity index (χ4n) is 4.64. The molecule has 0 aromatic heterocycles. The summed E-state index contributed by atoms with van der Waals surface area (Å²) in [6.45, 7) is 9.61. The van der Waals surface area contributed by atoms with Crippen molar-refractivity contribution in [1.29, 1.82) is 0 Å². The molecule has 26 heavy (non-hydrogen) atoms. The molecule has 0 N–H and O–H groups in total. The molecule has 1 atom stereocenters. The van der Waals surface area contributed by atoms with Gasteiger partial charge in [0, 0.05) is 12.0 Å². The van der Waals surface area contributed by atoms with Crippen LogP contribution in [0.5, 0.6) is 0 Å². The van der Waals surface area contributed by atoms with E-state index in [2.05, 4.69) is 23.9 Å². The summed E-state index contributed by atoms with van der Waals surface area (Å²) in [6, 6.07) is 6.30. The van der Waals surface area contributed by atoms with Crippen molar-refractivity contribution in [2.24, 2.45) is 5.92 Å². The Kier molecular flexibility index (Phi) is 5.76. The first-order chi connectivity index (χ1) is 12.6. The number of hydrogen-bond donors (Lipinski definition) is 0. The summed E-state index contributed by atoms with van der Waals surface area (Å²) in [5.74, 6) is -0.0210. The zero-order chi connectivity index (χ0) is 18.6. The van der Waals surface area contributed by atoms with Gasteiger partial charge >= 0.3 is 5.97 Å². The number of esters is 1. The first-order valence-electron chi connectivity index (χ1n) is 9.74. The molecule has 1 aliphatic carbocycles. The third-order valence-corrected chi connectivity index (χ3v) is 5.99. The van der Waals surface area contributed by atoms with Crippen LogP contribution in [0.1, 0.15) is 68.6 Å². The summed E-state index contributed by atoms with van der Waals surface area (Å²) in [6.07, 6.45) is 7.12. The van der Waals surface area contributed by atoms with Crippen molar-refractivity contribution in [2.75, 3.05) is 0 Å². The molecule has 1 unspecified atom stereocenters. The Morgan fingerprint density at radius 1 is 1.23 bits per heavy atom. The van der Waals surface area contributed by atoms with Crippen LogP contribution in [0, 0.1) is 12.5 Å². The van der Waals surface area contributed by atoms with Crippen LogP contribution in [0.25, 0.3) is 4.85 Å². The molecule has 4 heteroatoms. The molecular formula is C22H27NO3. The fraction of sp³-hybridized carbons (Fsp3) is 0.591. The first-order valence-corrected chi connectivity index (χ1v) is 9.74. The van der Waals surface area contributed by atoms with Gasteiger partial charge in [-0.3, -0.25) is 9.59 Å². The molecule has 2 aliphatic rings. The second-order valence-electron chi connectivity index (χ2n) is 7.69. The average molecular weight is 353 g/mol. The summed E-state index contributed by atoms with van der Waals surface area (Å²) in [7, 11) is 0. The van der Waals surface area contributed by atoms with E-state index < -0.39 is 5.60 Å². The fourth-order valence-corrected chi connectivity index (χ4v) is 4.64. The Hall–Kier alpha value is -2.15. The molecule has 0 bridgehead atoms. The lowest BCUT2D eigenvalue weighted by molar-refractivity contribution is -0.178. The highest BCUT2D eigenvalue weighted by atomic mass is 16.6. The normalized spacial score (nSPS) is 23.7. The van der Waals surface area contributed by atoms with Crippen LogP contribution in [-0.2, 0) is 33.7 Å². The van der Waals surface area contributed by atoms with Gasteiger partial charge in [-0.05, 0) is 49.1 Å². The van der Waals surface area contributed by atoms with Gasteiger partial charge in [-0.15, -0.1) is 0 Å². The lowest BCUT2D eigenvalue weighted by atomic mass is 9.76. The molecule has 1 saturated heterocycles. The van der Waals surface area contributed by atoms with Crippen molar-refractivity contribution in [3.05, 3.63) is 46.3 Å². The van der Waals surface area contributed by atoms with Gasteiger partial charge in [0.15, 0.2) is 0 Å². The summed E-state index contributed by atoms with van der Waals surface area (Å²) in [5.41, 5.74) is 2.90. The van der Waals surface area contributed by atoms with Crippen LogP contribution >= 0.6 is 0 Å². The van der Waals surface area contributed by atoms with E-state index in [1.807, 2.05) is 6.07 Å². The molecule has 0 amide bonds. The molecule has 138 valence electrons. The highest BCUT2D eigenvalue weighted by Gasteiger charge is 2.47. The molecule has 1 saturated carbocycles. The lowest BCUT2D eigenvalue weighted by Gasteiger charge is -2.41. The maximum atomic E-state index is 12.1. The molecule has 1 heterocycles. The van der Waals surface area contributed by atoms with Crippen LogP contribution in [-0.4, -0.2) is 17.4 Å². The molecule has 2 fully saturated rings. The zero-order valence-corrected chi connectivity index (χ0v) is 15.6. The Morgan fingerprint density at radius 2 is 2.00 bits per heavy atom. The smallest absolute Gasteiger partial charge is 0.313 e. The van der Waals surface area contributed by atoms with Gasteiger partial charge in [0.1, 0.15) is 17.8 Å². The molecule has 4 nitrogen and oxygen atoms in total. The van der Waals surface area contributed by atoms with Crippen molar-refractivity contribution in [2.45, 2.75) is 76.9 Å². The van der Waals surface area contributed by atoms with Gasteiger partial charge in [-0.1, -0.05) is 38.0 Å². The Balaban J connectivity index is 1.79. The number of rotatable bonds is 6. The van der Waals surface area contributed by atoms with Crippen molar-refractivity contribution in [3.8, 4) is 0 Å². The van der Waals surface area contributed by atoms with E-state index in [9.17, 15) is 9.59 Å². The SMILES string of the molecule is [C-]#[N+]Cc1ccc(CCC2(C3CCCC3)CC(=O)CC(=O)O2)cc1CC. The van der Waals surface area contributed by atoms with Gasteiger partial charge in [-0.2, -0.15) is 0 Å². The Morgan fingerprint density at radius 3 is 2.65 bits per heavy atom. The van der Waals surface area contributed by atoms with Crippen molar-refractivity contribution >= 4 is 11.8 Å². The van der Waals surface area contributed by atoms with Gasteiger partial charge in [0.2, 0.25) is 6.54 Å². The predicted octanol–water partition coefficient (Wildman–Crippen LogP) is 4.44. The molecule has 1 aliphatic heterocycles. The van der Waals surface area contributed by atoms with E-state index in [0.29, 0.717) is 25.3 Å². The van der Waals surface area contributed by atoms with Crippen molar-refractivity contribution in [3.63, 3.8) is 0 Å². The minimum atomic E-state index is -0.607. The first kappa shape index (κ1) is 18.6. The van der Waals surface area contributed by atoms with Crippen LogP contribution < -0.4 is 0 Å². The van der Waals surface area contributed by atoms with E-state index >= 15 is 0 Å². The number of benzene rings is 1. The molecule has 1 aromatic carbocycles. The zero-order valence-electron chi connectivity index (χ0n) is 15.6. The molecule has 1 aromatic rings. The van der Waals surface area contributed by atoms with Gasteiger partial charge in [0.25, 0.3) is 0 Å². The van der Waals surface area contributed by atoms with Crippen molar-refractivity contribution < 1.29 is 14.3 Å². The standard InChI is InChI=1S/C22H27NO3/c1-3-17-12-16(8-9-18(17)15-23-2)10-11-22(19-6-4-5-7-19)14-20(24)13-21(25)26-22/h8-9,12,19H,3-7,10-11,13-15H2,1H3. The number of cyclic esters (lactones) is 1. The van der Waals surface area contributed by atoms with Crippen LogP contribution in [0.15, 0.2) is 18.2 Å². The third kappa shape index (κ3) is 3.98. The summed E-state index contributed by atoms with van der Waals surface area (Å²) in [5, 5.41) is 0. The van der Waals surface area contributed by atoms with E-state index in [4.69, 9.17) is 11.3 Å². The largest absolute Gasteiger partial charge is 0.458 e. The van der Waals surface area contributed by atoms with Crippen molar-refractivity contribution in [1.82, 2.24) is 0 Å². The monoisotopic (exact) mass is 353 g/mol. The molecule has 0 spiro atoms. The van der Waals surface area contributed by atoms with E-state index in [1.54, 1.807) is 0 Å². The lowest BCUT2D eigenvalue weighted by Crippen LogP contribution is -2.48. The number of nitrogens with zero attached hydrogens (tertiary/aromatic N) is 1. The molecular weight excluding hydrogens is 326 g/mol. The van der Waals surface area contributed by atoms with Crippen LogP contribution in [0.4, 0.5) is 0 Å². The maximum absolute atomic E-state index is 12.1. The minimum Gasteiger partial charge on any atom is -0.458 e. The van der Waals surface area contributed by atoms with Gasteiger partial charge in [-0.25, -0.2) is 6.57 Å². The summed E-state index contributed by atoms with van der Waals surface area (Å²) in [4.78, 5) is 27.6. The number of hydrogen-bond acceptors (Lipinski definition) is 3. The third-order valence-electron chi connectivity index (χ3n) is 5.99. The maximum Gasteiger partial charge on any atom is 0.313 e. The molecule has 0 radical (unpaired) electrons. The predicted molar refractivity (Wildman–Crippen MR) is 99.5 cm³/mol. The topological polar surface area (TPSA) is 47.7 Å². The van der Waals surface area contributed by atoms with E-state index in [1.165, 1.54) is 11.1 Å². The second kappa shape index (κ2) is 8.03. The minimum absolute atomic E-state index is 0.0230. The quantitative estimate of drug-likeness (QED) is 0.432. The number of aryl methyl sites for hydroxylation is 2.